The highest BCUT2D eigenvalue weighted by molar-refractivity contribution is 7.81. The van der Waals surface area contributed by atoms with Gasteiger partial charge in [-0.2, -0.15) is 12.6 Å². The fraction of sp³-hybridized carbons (Fsp3) is 1.00. The SMILES string of the molecule is CC(C)CC1CCC(S)C1C(C)C. The molecule has 78 valence electrons. The van der Waals surface area contributed by atoms with Crippen molar-refractivity contribution in [1.29, 1.82) is 0 Å². The van der Waals surface area contributed by atoms with Gasteiger partial charge in [0.25, 0.3) is 0 Å². The molecule has 0 saturated heterocycles. The van der Waals surface area contributed by atoms with Crippen LogP contribution in [0.5, 0.6) is 0 Å². The molecule has 3 unspecified atom stereocenters. The Hall–Kier alpha value is 0.350. The molecule has 1 rings (SSSR count). The van der Waals surface area contributed by atoms with Crippen LogP contribution in [0.2, 0.25) is 0 Å². The lowest BCUT2D eigenvalue weighted by Crippen LogP contribution is -2.22. The topological polar surface area (TPSA) is 0 Å². The molecule has 0 amide bonds. The van der Waals surface area contributed by atoms with Gasteiger partial charge in [0.05, 0.1) is 0 Å². The molecule has 0 nitrogen and oxygen atoms in total. The Bertz CT molecular complexity index is 151. The van der Waals surface area contributed by atoms with Crippen molar-refractivity contribution in [2.75, 3.05) is 0 Å². The first-order chi connectivity index (χ1) is 6.02. The highest BCUT2D eigenvalue weighted by Gasteiger charge is 2.35. The molecule has 13 heavy (non-hydrogen) atoms. The van der Waals surface area contributed by atoms with Crippen LogP contribution in [-0.4, -0.2) is 5.25 Å². The van der Waals surface area contributed by atoms with Crippen molar-refractivity contribution in [3.8, 4) is 0 Å². The molecular formula is C12H24S. The molecule has 0 aromatic rings. The first-order valence-electron chi connectivity index (χ1n) is 5.70. The van der Waals surface area contributed by atoms with E-state index in [9.17, 15) is 0 Å². The maximum Gasteiger partial charge on any atom is 0.00502 e. The van der Waals surface area contributed by atoms with Gasteiger partial charge in [-0.15, -0.1) is 0 Å². The maximum atomic E-state index is 4.71. The normalized spacial score (nSPS) is 34.8. The molecule has 0 spiro atoms. The zero-order valence-electron chi connectivity index (χ0n) is 9.46. The second-order valence-electron chi connectivity index (χ2n) is 5.36. The minimum Gasteiger partial charge on any atom is -0.176 e. The Labute approximate surface area is 88.9 Å². The molecule has 0 radical (unpaired) electrons. The van der Waals surface area contributed by atoms with Crippen LogP contribution in [0, 0.1) is 23.7 Å². The molecular weight excluding hydrogens is 176 g/mol. The van der Waals surface area contributed by atoms with E-state index >= 15 is 0 Å². The van der Waals surface area contributed by atoms with Crippen LogP contribution in [0.1, 0.15) is 47.0 Å². The van der Waals surface area contributed by atoms with Crippen molar-refractivity contribution < 1.29 is 0 Å². The van der Waals surface area contributed by atoms with E-state index in [-0.39, 0.29) is 0 Å². The first-order valence-corrected chi connectivity index (χ1v) is 6.22. The lowest BCUT2D eigenvalue weighted by atomic mass is 9.81. The molecule has 1 aliphatic carbocycles. The van der Waals surface area contributed by atoms with Gasteiger partial charge < -0.3 is 0 Å². The predicted octanol–water partition coefficient (Wildman–Crippen LogP) is 4.01. The zero-order chi connectivity index (χ0) is 10.0. The summed E-state index contributed by atoms with van der Waals surface area (Å²) in [7, 11) is 0. The van der Waals surface area contributed by atoms with Crippen LogP contribution in [0.15, 0.2) is 0 Å². The van der Waals surface area contributed by atoms with Crippen LogP contribution in [0.25, 0.3) is 0 Å². The van der Waals surface area contributed by atoms with Crippen molar-refractivity contribution in [2.45, 2.75) is 52.2 Å². The van der Waals surface area contributed by atoms with E-state index in [1.807, 2.05) is 0 Å². The summed E-state index contributed by atoms with van der Waals surface area (Å²) in [5.41, 5.74) is 0. The van der Waals surface area contributed by atoms with Crippen LogP contribution in [0.4, 0.5) is 0 Å². The molecule has 0 heterocycles. The molecule has 0 aromatic carbocycles. The van der Waals surface area contributed by atoms with E-state index in [0.717, 1.165) is 23.7 Å². The molecule has 0 aliphatic heterocycles. The van der Waals surface area contributed by atoms with E-state index in [4.69, 9.17) is 12.6 Å². The van der Waals surface area contributed by atoms with Crippen molar-refractivity contribution in [2.24, 2.45) is 23.7 Å². The number of rotatable bonds is 3. The summed E-state index contributed by atoms with van der Waals surface area (Å²) < 4.78 is 0. The molecule has 1 aliphatic rings. The second kappa shape index (κ2) is 4.72. The van der Waals surface area contributed by atoms with Crippen molar-refractivity contribution in [3.05, 3.63) is 0 Å². The maximum absolute atomic E-state index is 4.71. The van der Waals surface area contributed by atoms with Gasteiger partial charge in [-0.1, -0.05) is 27.7 Å². The Morgan fingerprint density at radius 2 is 1.77 bits per heavy atom. The number of hydrogen-bond donors (Lipinski definition) is 1. The van der Waals surface area contributed by atoms with Crippen molar-refractivity contribution in [3.63, 3.8) is 0 Å². The highest BCUT2D eigenvalue weighted by atomic mass is 32.1. The molecule has 0 N–H and O–H groups in total. The first kappa shape index (κ1) is 11.4. The lowest BCUT2D eigenvalue weighted by Gasteiger charge is -2.27. The number of hydrogen-bond acceptors (Lipinski definition) is 1. The van der Waals surface area contributed by atoms with E-state index in [1.165, 1.54) is 19.3 Å². The van der Waals surface area contributed by atoms with E-state index < -0.39 is 0 Å². The zero-order valence-corrected chi connectivity index (χ0v) is 10.3. The third kappa shape index (κ3) is 2.90. The second-order valence-corrected chi connectivity index (χ2v) is 6.02. The minimum absolute atomic E-state index is 0.670. The van der Waals surface area contributed by atoms with Gasteiger partial charge >= 0.3 is 0 Å². The Morgan fingerprint density at radius 3 is 2.23 bits per heavy atom. The van der Waals surface area contributed by atoms with Crippen LogP contribution in [-0.2, 0) is 0 Å². The van der Waals surface area contributed by atoms with Crippen LogP contribution in [0.3, 0.4) is 0 Å². The molecule has 1 saturated carbocycles. The predicted molar refractivity (Wildman–Crippen MR) is 63.3 cm³/mol. The minimum atomic E-state index is 0.670. The quantitative estimate of drug-likeness (QED) is 0.654. The van der Waals surface area contributed by atoms with Gasteiger partial charge in [-0.05, 0) is 42.9 Å². The lowest BCUT2D eigenvalue weighted by molar-refractivity contribution is 0.263. The van der Waals surface area contributed by atoms with E-state index in [1.54, 1.807) is 0 Å². The van der Waals surface area contributed by atoms with Gasteiger partial charge in [0, 0.05) is 5.25 Å². The van der Waals surface area contributed by atoms with Crippen molar-refractivity contribution >= 4 is 12.6 Å². The number of thiol groups is 1. The van der Waals surface area contributed by atoms with Gasteiger partial charge in [0.15, 0.2) is 0 Å². The Morgan fingerprint density at radius 1 is 1.15 bits per heavy atom. The fourth-order valence-corrected chi connectivity index (χ4v) is 3.69. The Balaban J connectivity index is 2.54. The largest absolute Gasteiger partial charge is 0.176 e. The average molecular weight is 200 g/mol. The monoisotopic (exact) mass is 200 g/mol. The molecule has 1 heteroatoms. The van der Waals surface area contributed by atoms with Crippen LogP contribution >= 0.6 is 12.6 Å². The standard InChI is InChI=1S/C12H24S/c1-8(2)7-10-5-6-11(13)12(10)9(3)4/h8-13H,5-7H2,1-4H3. The van der Waals surface area contributed by atoms with Crippen molar-refractivity contribution in [1.82, 2.24) is 0 Å². The summed E-state index contributed by atoms with van der Waals surface area (Å²) in [5.74, 6) is 3.48. The molecule has 0 aromatic heterocycles. The van der Waals surface area contributed by atoms with Crippen LogP contribution < -0.4 is 0 Å². The van der Waals surface area contributed by atoms with Gasteiger partial charge in [0.1, 0.15) is 0 Å². The average Bonchev–Trinajstić information content (AvgIpc) is 2.30. The van der Waals surface area contributed by atoms with Gasteiger partial charge in [-0.25, -0.2) is 0 Å². The highest BCUT2D eigenvalue weighted by Crippen LogP contribution is 2.42. The molecule has 3 atom stereocenters. The third-order valence-electron chi connectivity index (χ3n) is 3.37. The summed E-state index contributed by atoms with van der Waals surface area (Å²) >= 11 is 4.71. The van der Waals surface area contributed by atoms with Gasteiger partial charge in [0.2, 0.25) is 0 Å². The molecule has 1 fully saturated rings. The molecule has 0 bridgehead atoms. The Kier molecular flexibility index (Phi) is 4.15. The summed E-state index contributed by atoms with van der Waals surface area (Å²) in [4.78, 5) is 0. The smallest absolute Gasteiger partial charge is 0.00502 e. The summed E-state index contributed by atoms with van der Waals surface area (Å²) in [6.45, 7) is 9.38. The fourth-order valence-electron chi connectivity index (χ4n) is 2.95. The van der Waals surface area contributed by atoms with E-state index in [0.29, 0.717) is 5.25 Å². The van der Waals surface area contributed by atoms with E-state index in [2.05, 4.69) is 27.7 Å². The van der Waals surface area contributed by atoms with Gasteiger partial charge in [-0.3, -0.25) is 0 Å². The summed E-state index contributed by atoms with van der Waals surface area (Å²) in [5, 5.41) is 0.670. The summed E-state index contributed by atoms with van der Waals surface area (Å²) in [6, 6.07) is 0. The summed E-state index contributed by atoms with van der Waals surface area (Å²) in [6.07, 6.45) is 4.15. The third-order valence-corrected chi connectivity index (χ3v) is 3.97.